The number of ether oxygens (including phenoxy) is 1. The van der Waals surface area contributed by atoms with Gasteiger partial charge in [-0.2, -0.15) is 0 Å². The predicted octanol–water partition coefficient (Wildman–Crippen LogP) is 4.71. The maximum Gasteiger partial charge on any atom is 0.410 e. The highest BCUT2D eigenvalue weighted by Gasteiger charge is 2.27. The van der Waals surface area contributed by atoms with Gasteiger partial charge in [-0.05, 0) is 74.2 Å². The van der Waals surface area contributed by atoms with Crippen LogP contribution in [0.5, 0.6) is 0 Å². The Kier molecular flexibility index (Phi) is 5.55. The normalized spacial score (nSPS) is 16.3. The van der Waals surface area contributed by atoms with Crippen LogP contribution in [-0.4, -0.2) is 35.7 Å². The quantitative estimate of drug-likeness (QED) is 0.799. The van der Waals surface area contributed by atoms with Gasteiger partial charge < -0.3 is 15.0 Å². The number of hydrogen-bond acceptors (Lipinski definition) is 3. The number of aryl methyl sites for hydroxylation is 1. The van der Waals surface area contributed by atoms with E-state index in [1.807, 2.05) is 27.7 Å². The first kappa shape index (κ1) is 18.0. The van der Waals surface area contributed by atoms with Gasteiger partial charge in [-0.1, -0.05) is 0 Å². The Balaban J connectivity index is 1.90. The molecular formula is C17H24BrFN2O2. The van der Waals surface area contributed by atoms with Crippen LogP contribution in [0.25, 0.3) is 0 Å². The maximum atomic E-state index is 13.5. The van der Waals surface area contributed by atoms with E-state index in [2.05, 4.69) is 21.2 Å². The van der Waals surface area contributed by atoms with E-state index in [9.17, 15) is 9.18 Å². The topological polar surface area (TPSA) is 41.6 Å². The van der Waals surface area contributed by atoms with Crippen molar-refractivity contribution in [3.63, 3.8) is 0 Å². The largest absolute Gasteiger partial charge is 0.444 e. The molecule has 1 amide bonds. The summed E-state index contributed by atoms with van der Waals surface area (Å²) in [7, 11) is 0. The lowest BCUT2D eigenvalue weighted by molar-refractivity contribution is 0.0210. The van der Waals surface area contributed by atoms with Crippen molar-refractivity contribution in [3.05, 3.63) is 28.0 Å². The van der Waals surface area contributed by atoms with Gasteiger partial charge in [-0.15, -0.1) is 0 Å². The molecule has 0 atom stereocenters. The number of hydrogen-bond donors (Lipinski definition) is 1. The van der Waals surface area contributed by atoms with Crippen LogP contribution in [-0.2, 0) is 4.74 Å². The van der Waals surface area contributed by atoms with E-state index < -0.39 is 5.60 Å². The van der Waals surface area contributed by atoms with Crippen molar-refractivity contribution in [1.82, 2.24) is 4.90 Å². The van der Waals surface area contributed by atoms with E-state index >= 15 is 0 Å². The fraction of sp³-hybridized carbons (Fsp3) is 0.588. The van der Waals surface area contributed by atoms with E-state index in [-0.39, 0.29) is 18.0 Å². The molecule has 1 fully saturated rings. The number of piperidine rings is 1. The van der Waals surface area contributed by atoms with Gasteiger partial charge in [-0.3, -0.25) is 0 Å². The third-order valence-corrected chi connectivity index (χ3v) is 4.38. The standard InChI is InChI=1S/C17H24BrFN2O2/c1-11-9-14(19)13(18)10-15(11)20-12-5-7-21(8-6-12)16(22)23-17(2,3)4/h9-10,12,20H,5-8H2,1-4H3. The molecule has 128 valence electrons. The Morgan fingerprint density at radius 3 is 2.52 bits per heavy atom. The Hall–Kier alpha value is -1.30. The van der Waals surface area contributed by atoms with Crippen LogP contribution in [0.2, 0.25) is 0 Å². The third kappa shape index (κ3) is 5.09. The van der Waals surface area contributed by atoms with Crippen LogP contribution in [0.3, 0.4) is 0 Å². The van der Waals surface area contributed by atoms with Gasteiger partial charge in [0.2, 0.25) is 0 Å². The van der Waals surface area contributed by atoms with Crippen molar-refractivity contribution in [2.75, 3.05) is 18.4 Å². The lowest BCUT2D eigenvalue weighted by Gasteiger charge is -2.34. The fourth-order valence-electron chi connectivity index (χ4n) is 2.55. The van der Waals surface area contributed by atoms with Crippen molar-refractivity contribution >= 4 is 27.7 Å². The number of nitrogens with one attached hydrogen (secondary N) is 1. The summed E-state index contributed by atoms with van der Waals surface area (Å²) in [5, 5.41) is 3.45. The summed E-state index contributed by atoms with van der Waals surface area (Å²) in [6, 6.07) is 3.55. The van der Waals surface area contributed by atoms with Crippen LogP contribution in [0.15, 0.2) is 16.6 Å². The average Bonchev–Trinajstić information content (AvgIpc) is 2.43. The number of halogens is 2. The molecule has 23 heavy (non-hydrogen) atoms. The van der Waals surface area contributed by atoms with Crippen molar-refractivity contribution in [2.24, 2.45) is 0 Å². The molecule has 1 N–H and O–H groups in total. The van der Waals surface area contributed by atoms with Gasteiger partial charge in [-0.25, -0.2) is 9.18 Å². The molecular weight excluding hydrogens is 363 g/mol. The average molecular weight is 387 g/mol. The number of carbonyl (C=O) groups is 1. The lowest BCUT2D eigenvalue weighted by atomic mass is 10.0. The summed E-state index contributed by atoms with van der Waals surface area (Å²) in [6.45, 7) is 8.81. The summed E-state index contributed by atoms with van der Waals surface area (Å²) in [5.41, 5.74) is 1.33. The highest BCUT2D eigenvalue weighted by atomic mass is 79.9. The number of rotatable bonds is 2. The molecule has 4 nitrogen and oxygen atoms in total. The molecule has 0 bridgehead atoms. The van der Waals surface area contributed by atoms with Crippen LogP contribution in [0, 0.1) is 12.7 Å². The number of anilines is 1. The van der Waals surface area contributed by atoms with Gasteiger partial charge in [0.25, 0.3) is 0 Å². The SMILES string of the molecule is Cc1cc(F)c(Br)cc1NC1CCN(C(=O)OC(C)(C)C)CC1. The van der Waals surface area contributed by atoms with Crippen molar-refractivity contribution < 1.29 is 13.9 Å². The summed E-state index contributed by atoms with van der Waals surface area (Å²) in [4.78, 5) is 13.8. The first-order valence-electron chi connectivity index (χ1n) is 7.86. The zero-order valence-corrected chi connectivity index (χ0v) is 15.7. The summed E-state index contributed by atoms with van der Waals surface area (Å²) < 4.78 is 19.3. The number of benzene rings is 1. The number of likely N-dealkylation sites (tertiary alicyclic amines) is 1. The minimum absolute atomic E-state index is 0.253. The number of carbonyl (C=O) groups excluding carboxylic acids is 1. The molecule has 1 aromatic rings. The van der Waals surface area contributed by atoms with E-state index in [1.165, 1.54) is 6.07 Å². The van der Waals surface area contributed by atoms with Crippen molar-refractivity contribution in [2.45, 2.75) is 52.2 Å². The van der Waals surface area contributed by atoms with Crippen LogP contribution >= 0.6 is 15.9 Å². The second kappa shape index (κ2) is 7.07. The van der Waals surface area contributed by atoms with Gasteiger partial charge in [0.05, 0.1) is 4.47 Å². The molecule has 0 aromatic heterocycles. The monoisotopic (exact) mass is 386 g/mol. The number of nitrogens with zero attached hydrogens (tertiary/aromatic N) is 1. The first-order valence-corrected chi connectivity index (χ1v) is 8.65. The second-order valence-corrected chi connectivity index (χ2v) is 7.82. The maximum absolute atomic E-state index is 13.5. The summed E-state index contributed by atoms with van der Waals surface area (Å²) in [6.07, 6.45) is 1.43. The molecule has 1 aliphatic rings. The molecule has 0 aliphatic carbocycles. The predicted molar refractivity (Wildman–Crippen MR) is 93.3 cm³/mol. The van der Waals surface area contributed by atoms with Gasteiger partial charge >= 0.3 is 6.09 Å². The molecule has 1 saturated heterocycles. The lowest BCUT2D eigenvalue weighted by Crippen LogP contribution is -2.44. The Morgan fingerprint density at radius 1 is 1.35 bits per heavy atom. The molecule has 0 unspecified atom stereocenters. The zero-order valence-electron chi connectivity index (χ0n) is 14.1. The minimum Gasteiger partial charge on any atom is -0.444 e. The summed E-state index contributed by atoms with van der Waals surface area (Å²) >= 11 is 3.22. The van der Waals surface area contributed by atoms with Crippen molar-refractivity contribution in [3.8, 4) is 0 Å². The Bertz CT molecular complexity index is 579. The van der Waals surface area contributed by atoms with Crippen molar-refractivity contribution in [1.29, 1.82) is 0 Å². The molecule has 1 aromatic carbocycles. The van der Waals surface area contributed by atoms with Gasteiger partial charge in [0.15, 0.2) is 0 Å². The highest BCUT2D eigenvalue weighted by Crippen LogP contribution is 2.26. The van der Waals surface area contributed by atoms with Gasteiger partial charge in [0, 0.05) is 24.8 Å². The van der Waals surface area contributed by atoms with Crippen LogP contribution < -0.4 is 5.32 Å². The van der Waals surface area contributed by atoms with E-state index in [0.29, 0.717) is 17.6 Å². The van der Waals surface area contributed by atoms with E-state index in [4.69, 9.17) is 4.74 Å². The highest BCUT2D eigenvalue weighted by molar-refractivity contribution is 9.10. The molecule has 1 heterocycles. The molecule has 0 spiro atoms. The number of amides is 1. The van der Waals surface area contributed by atoms with Crippen LogP contribution in [0.4, 0.5) is 14.9 Å². The molecule has 6 heteroatoms. The Labute approximate surface area is 145 Å². The molecule has 2 rings (SSSR count). The fourth-order valence-corrected chi connectivity index (χ4v) is 2.90. The summed E-state index contributed by atoms with van der Waals surface area (Å²) in [5.74, 6) is -0.257. The smallest absolute Gasteiger partial charge is 0.410 e. The molecule has 0 saturated carbocycles. The third-order valence-electron chi connectivity index (χ3n) is 3.77. The van der Waals surface area contributed by atoms with E-state index in [0.717, 1.165) is 24.1 Å². The Morgan fingerprint density at radius 2 is 1.96 bits per heavy atom. The first-order chi connectivity index (χ1) is 10.7. The molecule has 0 radical (unpaired) electrons. The molecule has 1 aliphatic heterocycles. The zero-order chi connectivity index (χ0) is 17.2. The van der Waals surface area contributed by atoms with Gasteiger partial charge in [0.1, 0.15) is 11.4 Å². The van der Waals surface area contributed by atoms with E-state index in [1.54, 1.807) is 11.0 Å². The van der Waals surface area contributed by atoms with Crippen LogP contribution in [0.1, 0.15) is 39.2 Å². The second-order valence-electron chi connectivity index (χ2n) is 6.97. The minimum atomic E-state index is -0.469.